The summed E-state index contributed by atoms with van der Waals surface area (Å²) in [5, 5.41) is 25.5. The summed E-state index contributed by atoms with van der Waals surface area (Å²) in [5.74, 6) is 0.300. The zero-order chi connectivity index (χ0) is 28.3. The highest BCUT2D eigenvalue weighted by molar-refractivity contribution is 5.60. The number of aromatic nitrogens is 2. The maximum absolute atomic E-state index is 13.5. The van der Waals surface area contributed by atoms with Crippen molar-refractivity contribution in [3.05, 3.63) is 76.1 Å². The van der Waals surface area contributed by atoms with Crippen molar-refractivity contribution < 1.29 is 17.9 Å². The summed E-state index contributed by atoms with van der Waals surface area (Å²) in [6, 6.07) is 12.6. The Morgan fingerprint density at radius 2 is 1.82 bits per heavy atom. The normalized spacial score (nSPS) is 18.7. The fraction of sp³-hybridized carbons (Fsp3) is 0.379. The fourth-order valence-corrected chi connectivity index (χ4v) is 5.21. The highest BCUT2D eigenvalue weighted by atomic mass is 19.4. The van der Waals surface area contributed by atoms with Crippen LogP contribution in [0.1, 0.15) is 59.3 Å². The van der Waals surface area contributed by atoms with Crippen molar-refractivity contribution in [1.29, 1.82) is 10.5 Å². The van der Waals surface area contributed by atoms with Gasteiger partial charge in [-0.05, 0) is 60.4 Å². The third-order valence-corrected chi connectivity index (χ3v) is 7.25. The van der Waals surface area contributed by atoms with Crippen LogP contribution < -0.4 is 15.5 Å². The van der Waals surface area contributed by atoms with Crippen LogP contribution in [0.4, 0.5) is 30.5 Å². The SMILES string of the molecule is CC[C@@H]1C[C@H](Nc2ncc(N3CCOCC3)c(Cc3cc(C#N)cc(C#N)c3)n2)c2cc(C(F)(F)F)ccc2N1. The lowest BCUT2D eigenvalue weighted by atomic mass is 9.90. The molecule has 8 nitrogen and oxygen atoms in total. The molecule has 2 aromatic carbocycles. The van der Waals surface area contributed by atoms with Crippen molar-refractivity contribution >= 4 is 17.3 Å². The first kappa shape index (κ1) is 27.2. The fourth-order valence-electron chi connectivity index (χ4n) is 5.21. The van der Waals surface area contributed by atoms with Crippen LogP contribution in [0, 0.1) is 22.7 Å². The third-order valence-electron chi connectivity index (χ3n) is 7.25. The van der Waals surface area contributed by atoms with Gasteiger partial charge in [0.15, 0.2) is 0 Å². The van der Waals surface area contributed by atoms with Crippen LogP contribution in [0.2, 0.25) is 0 Å². The summed E-state index contributed by atoms with van der Waals surface area (Å²) >= 11 is 0. The maximum atomic E-state index is 13.5. The van der Waals surface area contributed by atoms with E-state index in [0.717, 1.165) is 23.7 Å². The van der Waals surface area contributed by atoms with Gasteiger partial charge in [-0.1, -0.05) is 6.92 Å². The number of hydrogen-bond acceptors (Lipinski definition) is 8. The van der Waals surface area contributed by atoms with Gasteiger partial charge < -0.3 is 20.3 Å². The number of nitrogens with one attached hydrogen (secondary N) is 2. The van der Waals surface area contributed by atoms with E-state index >= 15 is 0 Å². The molecule has 2 N–H and O–H groups in total. The lowest BCUT2D eigenvalue weighted by molar-refractivity contribution is -0.137. The van der Waals surface area contributed by atoms with Gasteiger partial charge in [0, 0.05) is 31.2 Å². The van der Waals surface area contributed by atoms with Gasteiger partial charge in [0.2, 0.25) is 5.95 Å². The van der Waals surface area contributed by atoms with Gasteiger partial charge >= 0.3 is 6.18 Å². The van der Waals surface area contributed by atoms with Crippen molar-refractivity contribution in [2.45, 2.75) is 44.4 Å². The molecule has 11 heteroatoms. The minimum absolute atomic E-state index is 0.0759. The summed E-state index contributed by atoms with van der Waals surface area (Å²) in [6.45, 7) is 4.47. The van der Waals surface area contributed by atoms with E-state index in [4.69, 9.17) is 9.72 Å². The highest BCUT2D eigenvalue weighted by Gasteiger charge is 2.34. The molecule has 0 aliphatic carbocycles. The maximum Gasteiger partial charge on any atom is 0.416 e. The predicted octanol–water partition coefficient (Wildman–Crippen LogP) is 5.41. The second-order valence-corrected chi connectivity index (χ2v) is 9.93. The summed E-state index contributed by atoms with van der Waals surface area (Å²) in [4.78, 5) is 11.5. The van der Waals surface area contributed by atoms with Gasteiger partial charge in [-0.2, -0.15) is 23.7 Å². The molecule has 5 rings (SSSR count). The number of morpholine rings is 1. The van der Waals surface area contributed by atoms with Crippen LogP contribution in [0.5, 0.6) is 0 Å². The van der Waals surface area contributed by atoms with E-state index in [1.165, 1.54) is 18.2 Å². The Bertz CT molecular complexity index is 1440. The summed E-state index contributed by atoms with van der Waals surface area (Å²) in [7, 11) is 0. The molecular weight excluding hydrogens is 519 g/mol. The summed E-state index contributed by atoms with van der Waals surface area (Å²) in [5.41, 5.74) is 3.48. The summed E-state index contributed by atoms with van der Waals surface area (Å²) in [6.07, 6.45) is -1.03. The monoisotopic (exact) mass is 547 g/mol. The average molecular weight is 548 g/mol. The van der Waals surface area contributed by atoms with Crippen molar-refractivity contribution in [2.75, 3.05) is 41.8 Å². The molecule has 2 aliphatic rings. The van der Waals surface area contributed by atoms with Crippen LogP contribution in [0.15, 0.2) is 42.6 Å². The molecule has 1 saturated heterocycles. The van der Waals surface area contributed by atoms with Gasteiger partial charge in [0.25, 0.3) is 0 Å². The number of halogens is 3. The summed E-state index contributed by atoms with van der Waals surface area (Å²) < 4.78 is 46.1. The molecule has 0 amide bonds. The van der Waals surface area contributed by atoms with Crippen LogP contribution in [0.25, 0.3) is 0 Å². The molecule has 1 aromatic heterocycles. The molecule has 3 aromatic rings. The number of benzene rings is 2. The molecule has 3 heterocycles. The van der Waals surface area contributed by atoms with Crippen LogP contribution in [-0.4, -0.2) is 42.3 Å². The zero-order valence-electron chi connectivity index (χ0n) is 21.9. The molecular formula is C29H28F3N7O. The van der Waals surface area contributed by atoms with Crippen molar-refractivity contribution in [1.82, 2.24) is 9.97 Å². The molecule has 2 atom stereocenters. The van der Waals surface area contributed by atoms with Gasteiger partial charge in [-0.15, -0.1) is 0 Å². The minimum atomic E-state index is -4.45. The Labute approximate surface area is 230 Å². The number of hydrogen-bond donors (Lipinski definition) is 2. The quantitative estimate of drug-likeness (QED) is 0.422. The lowest BCUT2D eigenvalue weighted by Gasteiger charge is -2.34. The Morgan fingerprint density at radius 3 is 2.48 bits per heavy atom. The lowest BCUT2D eigenvalue weighted by Crippen LogP contribution is -2.37. The van der Waals surface area contributed by atoms with Gasteiger partial charge in [-0.25, -0.2) is 9.97 Å². The van der Waals surface area contributed by atoms with E-state index in [9.17, 15) is 23.7 Å². The van der Waals surface area contributed by atoms with Crippen LogP contribution in [0.3, 0.4) is 0 Å². The van der Waals surface area contributed by atoms with Crippen molar-refractivity contribution in [3.8, 4) is 12.1 Å². The second-order valence-electron chi connectivity index (χ2n) is 9.93. The predicted molar refractivity (Wildman–Crippen MR) is 144 cm³/mol. The number of anilines is 3. The number of nitriles is 2. The van der Waals surface area contributed by atoms with Crippen LogP contribution in [-0.2, 0) is 17.3 Å². The first-order valence-electron chi connectivity index (χ1n) is 13.1. The van der Waals surface area contributed by atoms with E-state index in [1.54, 1.807) is 18.3 Å². The van der Waals surface area contributed by atoms with Crippen molar-refractivity contribution in [3.63, 3.8) is 0 Å². The van der Waals surface area contributed by atoms with Gasteiger partial charge in [-0.3, -0.25) is 0 Å². The molecule has 206 valence electrons. The number of ether oxygens (including phenoxy) is 1. The zero-order valence-corrected chi connectivity index (χ0v) is 21.9. The second kappa shape index (κ2) is 11.4. The number of fused-ring (bicyclic) bond motifs is 1. The number of alkyl halides is 3. The minimum Gasteiger partial charge on any atom is -0.382 e. The Hall–Kier alpha value is -4.35. The standard InChI is InChI=1S/C29H28F3N7O/c1-2-22-14-25(23-13-21(29(30,31)32)3-4-24(23)36-22)37-28-35-17-27(39-5-7-40-8-6-39)26(38-28)12-18-9-19(15-33)11-20(10-18)16-34/h3-4,9-11,13,17,22,25,36H,2,5-8,12,14H2,1H3,(H,35,37,38)/t22-,25+/m1/s1. The first-order valence-corrected chi connectivity index (χ1v) is 13.1. The molecule has 0 bridgehead atoms. The molecule has 0 unspecified atom stereocenters. The van der Waals surface area contributed by atoms with E-state index in [2.05, 4.69) is 32.7 Å². The third kappa shape index (κ3) is 5.95. The molecule has 0 saturated carbocycles. The molecule has 0 radical (unpaired) electrons. The average Bonchev–Trinajstić information content (AvgIpc) is 2.96. The topological polar surface area (TPSA) is 110 Å². The molecule has 2 aliphatic heterocycles. The van der Waals surface area contributed by atoms with Gasteiger partial charge in [0.1, 0.15) is 0 Å². The number of nitrogens with zero attached hydrogens (tertiary/aromatic N) is 5. The Morgan fingerprint density at radius 1 is 1.10 bits per heavy atom. The van der Waals surface area contributed by atoms with E-state index in [0.29, 0.717) is 73.2 Å². The van der Waals surface area contributed by atoms with Crippen LogP contribution >= 0.6 is 0 Å². The molecule has 0 spiro atoms. The van der Waals surface area contributed by atoms with Gasteiger partial charge in [0.05, 0.1) is 65.7 Å². The van der Waals surface area contributed by atoms with Crippen molar-refractivity contribution in [2.24, 2.45) is 0 Å². The molecule has 1 fully saturated rings. The largest absolute Gasteiger partial charge is 0.416 e. The highest BCUT2D eigenvalue weighted by Crippen LogP contribution is 2.40. The first-order chi connectivity index (χ1) is 19.3. The Balaban J connectivity index is 1.51. The van der Waals surface area contributed by atoms with E-state index < -0.39 is 17.8 Å². The number of rotatable bonds is 6. The Kier molecular flexibility index (Phi) is 7.76. The van der Waals surface area contributed by atoms with E-state index in [1.807, 2.05) is 6.92 Å². The molecule has 40 heavy (non-hydrogen) atoms. The van der Waals surface area contributed by atoms with E-state index in [-0.39, 0.29) is 6.04 Å². The smallest absolute Gasteiger partial charge is 0.382 e.